The number of fused-ring (bicyclic) bond motifs is 1. The molecule has 2 aromatic rings. The fraction of sp³-hybridized carbons (Fsp3) is 0.375. The molecule has 110 valence electrons. The molecular formula is C16H17BrN2O2. The Morgan fingerprint density at radius 2 is 2.10 bits per heavy atom. The molecule has 0 N–H and O–H groups in total. The van der Waals surface area contributed by atoms with Crippen molar-refractivity contribution in [2.75, 3.05) is 7.11 Å². The summed E-state index contributed by atoms with van der Waals surface area (Å²) in [5, 5.41) is 4.60. The van der Waals surface area contributed by atoms with Crippen LogP contribution in [-0.2, 0) is 6.54 Å². The molecule has 0 saturated heterocycles. The Labute approximate surface area is 132 Å². The van der Waals surface area contributed by atoms with Crippen molar-refractivity contribution in [3.8, 4) is 5.75 Å². The molecule has 1 aliphatic carbocycles. The number of ether oxygens (including phenoxy) is 1. The first-order valence-electron chi connectivity index (χ1n) is 6.97. The molecule has 0 saturated carbocycles. The highest BCUT2D eigenvalue weighted by Gasteiger charge is 2.32. The number of halogens is 1. The number of hydrogen-bond donors (Lipinski definition) is 0. The van der Waals surface area contributed by atoms with Crippen molar-refractivity contribution in [1.29, 1.82) is 0 Å². The van der Waals surface area contributed by atoms with Gasteiger partial charge in [-0.1, -0.05) is 35.0 Å². The zero-order valence-corrected chi connectivity index (χ0v) is 13.6. The molecule has 5 heteroatoms. The van der Waals surface area contributed by atoms with Crippen LogP contribution in [0.25, 0.3) is 0 Å². The van der Waals surface area contributed by atoms with Gasteiger partial charge in [0.1, 0.15) is 5.75 Å². The average molecular weight is 349 g/mol. The lowest BCUT2D eigenvalue weighted by Crippen LogP contribution is -2.23. The van der Waals surface area contributed by atoms with E-state index in [1.807, 2.05) is 35.1 Å². The summed E-state index contributed by atoms with van der Waals surface area (Å²) in [6.45, 7) is 2.77. The van der Waals surface area contributed by atoms with Crippen molar-refractivity contribution in [1.82, 2.24) is 9.78 Å². The molecular weight excluding hydrogens is 332 g/mol. The van der Waals surface area contributed by atoms with Gasteiger partial charge in [-0.05, 0) is 24.1 Å². The van der Waals surface area contributed by atoms with Crippen LogP contribution in [0.2, 0.25) is 0 Å². The SMILES string of the molecule is COc1ccc(Cn2cc3c(n2)C(C)CC(Br)C3=O)cc1. The predicted octanol–water partition coefficient (Wildman–Crippen LogP) is 3.39. The molecule has 4 nitrogen and oxygen atoms in total. The lowest BCUT2D eigenvalue weighted by molar-refractivity contribution is 0.0977. The second-order valence-corrected chi connectivity index (χ2v) is 6.55. The molecule has 0 aliphatic heterocycles. The summed E-state index contributed by atoms with van der Waals surface area (Å²) in [5.74, 6) is 1.28. The monoisotopic (exact) mass is 348 g/mol. The van der Waals surface area contributed by atoms with Crippen molar-refractivity contribution in [2.24, 2.45) is 0 Å². The van der Waals surface area contributed by atoms with E-state index in [4.69, 9.17) is 4.74 Å². The topological polar surface area (TPSA) is 44.1 Å². The third kappa shape index (κ3) is 2.75. The summed E-state index contributed by atoms with van der Waals surface area (Å²) < 4.78 is 7.01. The molecule has 1 aromatic heterocycles. The van der Waals surface area contributed by atoms with Crippen LogP contribution in [0.1, 0.15) is 40.9 Å². The summed E-state index contributed by atoms with van der Waals surface area (Å²) in [7, 11) is 1.65. The van der Waals surface area contributed by atoms with Crippen molar-refractivity contribution < 1.29 is 9.53 Å². The number of alkyl halides is 1. The summed E-state index contributed by atoms with van der Waals surface area (Å²) in [4.78, 5) is 12.1. The minimum absolute atomic E-state index is 0.0846. The quantitative estimate of drug-likeness (QED) is 0.798. The zero-order valence-electron chi connectivity index (χ0n) is 12.0. The molecule has 0 spiro atoms. The van der Waals surface area contributed by atoms with Crippen LogP contribution in [0.15, 0.2) is 30.5 Å². The average Bonchev–Trinajstić information content (AvgIpc) is 2.90. The maximum Gasteiger partial charge on any atom is 0.179 e. The maximum absolute atomic E-state index is 12.2. The number of benzene rings is 1. The lowest BCUT2D eigenvalue weighted by Gasteiger charge is -2.20. The minimum atomic E-state index is -0.0846. The van der Waals surface area contributed by atoms with E-state index in [9.17, 15) is 4.79 Å². The van der Waals surface area contributed by atoms with Crippen LogP contribution in [0, 0.1) is 0 Å². The van der Waals surface area contributed by atoms with E-state index in [1.54, 1.807) is 7.11 Å². The fourth-order valence-corrected chi connectivity index (χ4v) is 3.49. The van der Waals surface area contributed by atoms with Gasteiger partial charge in [0.25, 0.3) is 0 Å². The number of hydrogen-bond acceptors (Lipinski definition) is 3. The molecule has 0 bridgehead atoms. The number of rotatable bonds is 3. The van der Waals surface area contributed by atoms with Gasteiger partial charge in [0.05, 0.1) is 29.7 Å². The number of carbonyl (C=O) groups is 1. The molecule has 3 rings (SSSR count). The smallest absolute Gasteiger partial charge is 0.179 e. The Balaban J connectivity index is 1.85. The second-order valence-electron chi connectivity index (χ2n) is 5.44. The normalized spacial score (nSPS) is 21.2. The molecule has 2 atom stereocenters. The van der Waals surface area contributed by atoms with E-state index < -0.39 is 0 Å². The maximum atomic E-state index is 12.2. The van der Waals surface area contributed by atoms with Gasteiger partial charge >= 0.3 is 0 Å². The zero-order chi connectivity index (χ0) is 15.0. The highest BCUT2D eigenvalue weighted by Crippen LogP contribution is 2.33. The highest BCUT2D eigenvalue weighted by molar-refractivity contribution is 9.10. The van der Waals surface area contributed by atoms with Gasteiger partial charge in [0.2, 0.25) is 0 Å². The van der Waals surface area contributed by atoms with E-state index >= 15 is 0 Å². The molecule has 1 aromatic carbocycles. The van der Waals surface area contributed by atoms with Gasteiger partial charge in [0.15, 0.2) is 5.78 Å². The number of nitrogens with zero attached hydrogens (tertiary/aromatic N) is 2. The summed E-state index contributed by atoms with van der Waals surface area (Å²) in [6, 6.07) is 7.89. The molecule has 0 fully saturated rings. The molecule has 2 unspecified atom stereocenters. The van der Waals surface area contributed by atoms with E-state index in [0.717, 1.165) is 29.0 Å². The molecule has 1 heterocycles. The van der Waals surface area contributed by atoms with Crippen molar-refractivity contribution >= 4 is 21.7 Å². The van der Waals surface area contributed by atoms with Gasteiger partial charge in [-0.3, -0.25) is 9.48 Å². The lowest BCUT2D eigenvalue weighted by atomic mass is 9.88. The number of Topliss-reactive ketones (excluding diaryl/α,β-unsaturated/α-hetero) is 1. The first kappa shape index (κ1) is 14.3. The van der Waals surface area contributed by atoms with E-state index in [2.05, 4.69) is 28.0 Å². The van der Waals surface area contributed by atoms with Crippen LogP contribution in [0.4, 0.5) is 0 Å². The Hall–Kier alpha value is -1.62. The Morgan fingerprint density at radius 3 is 2.76 bits per heavy atom. The Bertz CT molecular complexity index is 663. The summed E-state index contributed by atoms with van der Waals surface area (Å²) >= 11 is 3.46. The van der Waals surface area contributed by atoms with Crippen LogP contribution in [0.3, 0.4) is 0 Å². The van der Waals surface area contributed by atoms with Crippen LogP contribution in [0.5, 0.6) is 5.75 Å². The molecule has 21 heavy (non-hydrogen) atoms. The van der Waals surface area contributed by atoms with Crippen molar-refractivity contribution in [3.63, 3.8) is 0 Å². The van der Waals surface area contributed by atoms with Gasteiger partial charge in [-0.25, -0.2) is 0 Å². The third-order valence-electron chi connectivity index (χ3n) is 3.87. The number of aromatic nitrogens is 2. The van der Waals surface area contributed by atoms with Crippen LogP contribution in [-0.4, -0.2) is 27.5 Å². The van der Waals surface area contributed by atoms with Crippen LogP contribution >= 0.6 is 15.9 Å². The second kappa shape index (κ2) is 5.64. The van der Waals surface area contributed by atoms with Crippen molar-refractivity contribution in [3.05, 3.63) is 47.3 Å². The summed E-state index contributed by atoms with van der Waals surface area (Å²) in [6.07, 6.45) is 2.68. The van der Waals surface area contributed by atoms with Gasteiger partial charge in [-0.15, -0.1) is 0 Å². The Kier molecular flexibility index (Phi) is 3.85. The standard InChI is InChI=1S/C16H17BrN2O2/c1-10-7-14(17)16(20)13-9-19(18-15(10)13)8-11-3-5-12(21-2)6-4-11/h3-6,9-10,14H,7-8H2,1-2H3. The van der Waals surface area contributed by atoms with E-state index in [0.29, 0.717) is 12.5 Å². The first-order chi connectivity index (χ1) is 10.1. The first-order valence-corrected chi connectivity index (χ1v) is 7.88. The predicted molar refractivity (Wildman–Crippen MR) is 84.4 cm³/mol. The van der Waals surface area contributed by atoms with Gasteiger partial charge in [0, 0.05) is 12.1 Å². The molecule has 0 amide bonds. The molecule has 0 radical (unpaired) electrons. The van der Waals surface area contributed by atoms with E-state index in [1.165, 1.54) is 0 Å². The van der Waals surface area contributed by atoms with E-state index in [-0.39, 0.29) is 10.6 Å². The number of carbonyl (C=O) groups excluding carboxylic acids is 1. The third-order valence-corrected chi connectivity index (χ3v) is 4.66. The molecule has 1 aliphatic rings. The van der Waals surface area contributed by atoms with Crippen LogP contribution < -0.4 is 4.74 Å². The fourth-order valence-electron chi connectivity index (χ4n) is 2.69. The van der Waals surface area contributed by atoms with Gasteiger partial charge in [-0.2, -0.15) is 5.10 Å². The highest BCUT2D eigenvalue weighted by atomic mass is 79.9. The number of methoxy groups -OCH3 is 1. The Morgan fingerprint density at radius 1 is 1.38 bits per heavy atom. The minimum Gasteiger partial charge on any atom is -0.497 e. The largest absolute Gasteiger partial charge is 0.497 e. The van der Waals surface area contributed by atoms with Crippen molar-refractivity contribution in [2.45, 2.75) is 30.6 Å². The number of ketones is 1. The summed E-state index contributed by atoms with van der Waals surface area (Å²) in [5.41, 5.74) is 2.81. The van der Waals surface area contributed by atoms with Gasteiger partial charge < -0.3 is 4.74 Å².